The number of carbonyl (C=O) groups is 2. The van der Waals surface area contributed by atoms with E-state index < -0.39 is 26.5 Å². The number of aliphatic hydroxyl groups is 1. The average molecular weight is 766 g/mol. The largest absolute Gasteiger partial charge is 0.472 e. The third-order valence-corrected chi connectivity index (χ3v) is 9.42. The monoisotopic (exact) mass is 766 g/mol. The van der Waals surface area contributed by atoms with Gasteiger partial charge in [0, 0.05) is 19.4 Å². The number of amides is 1. The van der Waals surface area contributed by atoms with Gasteiger partial charge in [-0.3, -0.25) is 18.6 Å². The Morgan fingerprint density at radius 3 is 1.64 bits per heavy atom. The molecule has 0 spiro atoms. The zero-order valence-corrected chi connectivity index (χ0v) is 34.3. The average Bonchev–Trinajstić information content (AvgIpc) is 3.14. The van der Waals surface area contributed by atoms with Gasteiger partial charge < -0.3 is 20.1 Å². The predicted molar refractivity (Wildman–Crippen MR) is 220 cm³/mol. The Balaban J connectivity index is 3.64. The molecule has 306 valence electrons. The van der Waals surface area contributed by atoms with Gasteiger partial charge in [0.1, 0.15) is 12.7 Å². The summed E-state index contributed by atoms with van der Waals surface area (Å²) in [5.41, 5.74) is 0. The SMILES string of the molecule is CC/C=C\C/C=C\C/C=C\CCCCCC(=O)NCCOP(=O)(O)OCC(O)COC(=O)CCCCCCCCCCC/C=C\C/C=C\CCCCC. The fraction of sp³-hybridized carbons (Fsp3) is 0.721. The molecule has 0 saturated heterocycles. The van der Waals surface area contributed by atoms with Crippen LogP contribution in [0.5, 0.6) is 0 Å². The van der Waals surface area contributed by atoms with Crippen molar-refractivity contribution in [1.29, 1.82) is 0 Å². The van der Waals surface area contributed by atoms with Crippen LogP contribution in [0.4, 0.5) is 0 Å². The number of nitrogens with one attached hydrogen (secondary N) is 1. The summed E-state index contributed by atoms with van der Waals surface area (Å²) in [7, 11) is -4.42. The molecule has 53 heavy (non-hydrogen) atoms. The van der Waals surface area contributed by atoms with E-state index in [1.54, 1.807) is 0 Å². The molecule has 3 N–H and O–H groups in total. The van der Waals surface area contributed by atoms with Gasteiger partial charge in [0.2, 0.25) is 5.91 Å². The number of hydrogen-bond donors (Lipinski definition) is 3. The Hall–Kier alpha value is -2.29. The van der Waals surface area contributed by atoms with Crippen LogP contribution in [0, 0.1) is 0 Å². The van der Waals surface area contributed by atoms with E-state index in [2.05, 4.69) is 79.9 Å². The molecular formula is C43H76NO8P. The van der Waals surface area contributed by atoms with Crippen LogP contribution in [0.3, 0.4) is 0 Å². The van der Waals surface area contributed by atoms with Gasteiger partial charge in [-0.15, -0.1) is 0 Å². The van der Waals surface area contributed by atoms with Gasteiger partial charge in [0.05, 0.1) is 13.2 Å². The first-order valence-electron chi connectivity index (χ1n) is 20.8. The first-order chi connectivity index (χ1) is 25.8. The molecule has 0 aliphatic carbocycles. The minimum Gasteiger partial charge on any atom is -0.463 e. The number of rotatable bonds is 38. The Kier molecular flexibility index (Phi) is 37.7. The Labute approximate surface area is 323 Å². The summed E-state index contributed by atoms with van der Waals surface area (Å²) in [6.45, 7) is 3.36. The number of carbonyl (C=O) groups excluding carboxylic acids is 2. The number of allylic oxidation sites excluding steroid dienone is 10. The van der Waals surface area contributed by atoms with Crippen LogP contribution < -0.4 is 5.32 Å². The van der Waals surface area contributed by atoms with Gasteiger partial charge >= 0.3 is 13.8 Å². The molecule has 0 aromatic rings. The number of aliphatic hydroxyl groups excluding tert-OH is 1. The molecule has 9 nitrogen and oxygen atoms in total. The maximum absolute atomic E-state index is 12.1. The molecule has 0 fully saturated rings. The highest BCUT2D eigenvalue weighted by Gasteiger charge is 2.23. The summed E-state index contributed by atoms with van der Waals surface area (Å²) in [6.07, 6.45) is 45.8. The summed E-state index contributed by atoms with van der Waals surface area (Å²) in [5.74, 6) is -0.555. The number of phosphoric ester groups is 1. The molecule has 2 atom stereocenters. The van der Waals surface area contributed by atoms with Crippen LogP contribution in [-0.2, 0) is 27.9 Å². The molecule has 10 heteroatoms. The van der Waals surface area contributed by atoms with Gasteiger partial charge in [-0.25, -0.2) is 4.57 Å². The second kappa shape index (κ2) is 39.4. The molecule has 2 unspecified atom stereocenters. The molecule has 0 aromatic heterocycles. The summed E-state index contributed by atoms with van der Waals surface area (Å²) < 4.78 is 26.8. The second-order valence-corrected chi connectivity index (χ2v) is 15.0. The quantitative estimate of drug-likeness (QED) is 0.0245. The van der Waals surface area contributed by atoms with Crippen LogP contribution in [0.2, 0.25) is 0 Å². The maximum Gasteiger partial charge on any atom is 0.472 e. The minimum atomic E-state index is -4.42. The standard InChI is InChI=1S/C43H76NO8P/c1-3-5-7-9-11-13-15-17-18-19-20-21-22-24-26-28-30-32-34-36-43(47)50-39-41(45)40-52-53(48,49)51-38-37-44-42(46)35-33-31-29-27-25-23-16-14-12-10-8-6-4-2/h6,8,11-14,17-18,23,25,41,45H,3-5,7,9-10,15-16,19-22,24,26-40H2,1-2H3,(H,44,46)(H,48,49)/b8-6-,13-11-,14-12-,18-17-,25-23-. The molecule has 0 saturated carbocycles. The van der Waals surface area contributed by atoms with E-state index in [1.165, 1.54) is 70.6 Å². The normalized spacial score (nSPS) is 14.0. The Morgan fingerprint density at radius 1 is 0.604 bits per heavy atom. The van der Waals surface area contributed by atoms with E-state index in [9.17, 15) is 24.2 Å². The zero-order chi connectivity index (χ0) is 38.9. The summed E-state index contributed by atoms with van der Waals surface area (Å²) in [5, 5.41) is 12.7. The van der Waals surface area contributed by atoms with Gasteiger partial charge in [-0.05, 0) is 77.0 Å². The smallest absolute Gasteiger partial charge is 0.463 e. The third-order valence-electron chi connectivity index (χ3n) is 8.43. The molecule has 0 bridgehead atoms. The topological polar surface area (TPSA) is 131 Å². The van der Waals surface area contributed by atoms with E-state index in [0.29, 0.717) is 6.42 Å². The van der Waals surface area contributed by atoms with Crippen molar-refractivity contribution in [1.82, 2.24) is 5.32 Å². The molecule has 0 rings (SSSR count). The van der Waals surface area contributed by atoms with E-state index in [4.69, 9.17) is 13.8 Å². The van der Waals surface area contributed by atoms with Crippen molar-refractivity contribution in [3.05, 3.63) is 60.8 Å². The number of esters is 1. The molecule has 0 aliphatic rings. The fourth-order valence-corrected chi connectivity index (χ4v) is 6.06. The van der Waals surface area contributed by atoms with Gasteiger partial charge in [0.15, 0.2) is 0 Å². The minimum absolute atomic E-state index is 0.0628. The lowest BCUT2D eigenvalue weighted by molar-refractivity contribution is -0.147. The van der Waals surface area contributed by atoms with E-state index in [-0.39, 0.29) is 32.1 Å². The lowest BCUT2D eigenvalue weighted by atomic mass is 10.1. The van der Waals surface area contributed by atoms with Crippen molar-refractivity contribution in [2.75, 3.05) is 26.4 Å². The highest BCUT2D eigenvalue weighted by molar-refractivity contribution is 7.47. The highest BCUT2D eigenvalue weighted by Crippen LogP contribution is 2.42. The van der Waals surface area contributed by atoms with Crippen LogP contribution in [0.15, 0.2) is 60.8 Å². The van der Waals surface area contributed by atoms with Gasteiger partial charge in [0.25, 0.3) is 0 Å². The van der Waals surface area contributed by atoms with Crippen LogP contribution in [-0.4, -0.2) is 54.3 Å². The summed E-state index contributed by atoms with van der Waals surface area (Å²) in [6, 6.07) is 0. The van der Waals surface area contributed by atoms with Crippen molar-refractivity contribution in [3.63, 3.8) is 0 Å². The number of ether oxygens (including phenoxy) is 1. The van der Waals surface area contributed by atoms with Crippen molar-refractivity contribution in [2.45, 2.75) is 174 Å². The molecular weight excluding hydrogens is 689 g/mol. The molecule has 1 amide bonds. The lowest BCUT2D eigenvalue weighted by Gasteiger charge is -2.15. The van der Waals surface area contributed by atoms with Gasteiger partial charge in [-0.1, -0.05) is 139 Å². The lowest BCUT2D eigenvalue weighted by Crippen LogP contribution is -2.27. The number of unbranched alkanes of at least 4 members (excludes halogenated alkanes) is 15. The number of phosphoric acid groups is 1. The Bertz CT molecular complexity index is 1050. The summed E-state index contributed by atoms with van der Waals surface area (Å²) in [4.78, 5) is 33.8. The van der Waals surface area contributed by atoms with Crippen LogP contribution >= 0.6 is 7.82 Å². The maximum atomic E-state index is 12.1. The van der Waals surface area contributed by atoms with Gasteiger partial charge in [-0.2, -0.15) is 0 Å². The molecule has 0 aliphatic heterocycles. The zero-order valence-electron chi connectivity index (χ0n) is 33.4. The molecule has 0 heterocycles. The van der Waals surface area contributed by atoms with E-state index >= 15 is 0 Å². The number of hydrogen-bond acceptors (Lipinski definition) is 7. The van der Waals surface area contributed by atoms with Crippen LogP contribution in [0.1, 0.15) is 168 Å². The van der Waals surface area contributed by atoms with Crippen molar-refractivity contribution < 1.29 is 37.9 Å². The summed E-state index contributed by atoms with van der Waals surface area (Å²) >= 11 is 0. The predicted octanol–water partition coefficient (Wildman–Crippen LogP) is 11.3. The second-order valence-electron chi connectivity index (χ2n) is 13.6. The van der Waals surface area contributed by atoms with Crippen LogP contribution in [0.25, 0.3) is 0 Å². The van der Waals surface area contributed by atoms with E-state index in [0.717, 1.165) is 70.6 Å². The Morgan fingerprint density at radius 2 is 1.08 bits per heavy atom. The van der Waals surface area contributed by atoms with Crippen molar-refractivity contribution in [2.24, 2.45) is 0 Å². The first kappa shape index (κ1) is 50.7. The first-order valence-corrected chi connectivity index (χ1v) is 22.3. The molecule has 0 radical (unpaired) electrons. The molecule has 0 aromatic carbocycles. The van der Waals surface area contributed by atoms with Crippen molar-refractivity contribution >= 4 is 19.7 Å². The van der Waals surface area contributed by atoms with Crippen molar-refractivity contribution in [3.8, 4) is 0 Å². The fourth-order valence-electron chi connectivity index (χ4n) is 5.31. The third kappa shape index (κ3) is 40.7. The highest BCUT2D eigenvalue weighted by atomic mass is 31.2. The van der Waals surface area contributed by atoms with E-state index in [1.807, 2.05) is 0 Å².